The second-order valence-electron chi connectivity index (χ2n) is 4.84. The van der Waals surface area contributed by atoms with Crippen LogP contribution >= 0.6 is 0 Å². The third kappa shape index (κ3) is 3.42. The second kappa shape index (κ2) is 4.79. The molecule has 2 rings (SSSR count). The van der Waals surface area contributed by atoms with Crippen molar-refractivity contribution in [2.75, 3.05) is 0 Å². The summed E-state index contributed by atoms with van der Waals surface area (Å²) in [4.78, 5) is 0. The number of aromatic nitrogens is 2. The minimum atomic E-state index is -3.54. The van der Waals surface area contributed by atoms with E-state index in [0.29, 0.717) is 11.3 Å². The Labute approximate surface area is 113 Å². The maximum absolute atomic E-state index is 11.1. The third-order valence-corrected chi connectivity index (χ3v) is 3.54. The van der Waals surface area contributed by atoms with Crippen LogP contribution in [-0.4, -0.2) is 18.2 Å². The molecule has 6 heteroatoms. The Morgan fingerprint density at radius 1 is 1.16 bits per heavy atom. The summed E-state index contributed by atoms with van der Waals surface area (Å²) in [6.07, 6.45) is 1.72. The summed E-state index contributed by atoms with van der Waals surface area (Å²) >= 11 is 0. The molecule has 2 N–H and O–H groups in total. The predicted molar refractivity (Wildman–Crippen MR) is 74.6 cm³/mol. The molecule has 0 saturated heterocycles. The fraction of sp³-hybridized carbons (Fsp3) is 0.308. The molecule has 1 heterocycles. The van der Waals surface area contributed by atoms with Gasteiger partial charge < -0.3 is 0 Å². The third-order valence-electron chi connectivity index (χ3n) is 2.83. The fourth-order valence-corrected chi connectivity index (χ4v) is 2.79. The monoisotopic (exact) mass is 279 g/mol. The molecule has 0 aliphatic carbocycles. The zero-order valence-electron chi connectivity index (χ0n) is 11.2. The van der Waals surface area contributed by atoms with Crippen molar-refractivity contribution < 1.29 is 8.42 Å². The zero-order chi connectivity index (χ0) is 14.2. The highest BCUT2D eigenvalue weighted by atomic mass is 32.2. The number of aryl methyl sites for hydroxylation is 3. The van der Waals surface area contributed by atoms with Gasteiger partial charge >= 0.3 is 0 Å². The first-order valence-electron chi connectivity index (χ1n) is 5.89. The summed E-state index contributed by atoms with van der Waals surface area (Å²) in [5.41, 5.74) is 4.49. The molecule has 0 saturated carbocycles. The number of nitrogens with zero attached hydrogens (tertiary/aromatic N) is 2. The van der Waals surface area contributed by atoms with Gasteiger partial charge in [-0.1, -0.05) is 6.07 Å². The van der Waals surface area contributed by atoms with Crippen LogP contribution in [-0.2, 0) is 15.8 Å². The molecule has 1 aromatic heterocycles. The maximum Gasteiger partial charge on any atom is 0.213 e. The predicted octanol–water partition coefficient (Wildman–Crippen LogP) is 1.59. The number of rotatable bonds is 3. The Bertz CT molecular complexity index is 697. The highest BCUT2D eigenvalue weighted by Gasteiger charge is 2.12. The summed E-state index contributed by atoms with van der Waals surface area (Å²) in [6, 6.07) is 6.07. The lowest BCUT2D eigenvalue weighted by molar-refractivity contribution is 0.597. The van der Waals surface area contributed by atoms with Crippen molar-refractivity contribution in [2.45, 2.75) is 26.5 Å². The van der Waals surface area contributed by atoms with Crippen molar-refractivity contribution in [2.24, 2.45) is 5.14 Å². The summed E-state index contributed by atoms with van der Waals surface area (Å²) in [5, 5.41) is 9.41. The SMILES string of the molecule is Cc1cc(C)cc(-n2cc(CS(N)(=O)=O)c(C)n2)c1. The van der Waals surface area contributed by atoms with E-state index >= 15 is 0 Å². The van der Waals surface area contributed by atoms with Crippen LogP contribution in [0.3, 0.4) is 0 Å². The molecule has 0 radical (unpaired) electrons. The Morgan fingerprint density at radius 3 is 2.26 bits per heavy atom. The molecule has 0 fully saturated rings. The van der Waals surface area contributed by atoms with E-state index in [1.807, 2.05) is 26.0 Å². The Balaban J connectivity index is 2.44. The summed E-state index contributed by atoms with van der Waals surface area (Å²) in [5.74, 6) is -0.191. The lowest BCUT2D eigenvalue weighted by Crippen LogP contribution is -2.14. The summed E-state index contributed by atoms with van der Waals surface area (Å²) < 4.78 is 24.0. The number of nitrogens with two attached hydrogens (primary N) is 1. The largest absolute Gasteiger partial charge is 0.240 e. The van der Waals surface area contributed by atoms with Crippen molar-refractivity contribution in [3.8, 4) is 5.69 Å². The second-order valence-corrected chi connectivity index (χ2v) is 6.45. The molecule has 19 heavy (non-hydrogen) atoms. The van der Waals surface area contributed by atoms with Crippen LogP contribution < -0.4 is 5.14 Å². The molecule has 0 atom stereocenters. The van der Waals surface area contributed by atoms with Crippen LogP contribution in [0, 0.1) is 20.8 Å². The normalized spacial score (nSPS) is 11.8. The van der Waals surface area contributed by atoms with E-state index in [4.69, 9.17) is 5.14 Å². The van der Waals surface area contributed by atoms with Crippen LogP contribution in [0.2, 0.25) is 0 Å². The average molecular weight is 279 g/mol. The summed E-state index contributed by atoms with van der Waals surface area (Å²) in [7, 11) is -3.54. The van der Waals surface area contributed by atoms with Crippen molar-refractivity contribution in [1.82, 2.24) is 9.78 Å². The highest BCUT2D eigenvalue weighted by Crippen LogP contribution is 2.16. The molecular weight excluding hydrogens is 262 g/mol. The molecule has 5 nitrogen and oxygen atoms in total. The standard InChI is InChI=1S/C13H17N3O2S/c1-9-4-10(2)6-13(5-9)16-7-12(11(3)15-16)8-19(14,17)18/h4-7H,8H2,1-3H3,(H2,14,17,18). The Kier molecular flexibility index (Phi) is 3.47. The topological polar surface area (TPSA) is 78.0 Å². The number of hydrogen-bond acceptors (Lipinski definition) is 3. The van der Waals surface area contributed by atoms with Crippen molar-refractivity contribution in [3.05, 3.63) is 46.8 Å². The molecule has 1 aromatic carbocycles. The van der Waals surface area contributed by atoms with Crippen LogP contribution in [0.4, 0.5) is 0 Å². The van der Waals surface area contributed by atoms with E-state index in [1.54, 1.807) is 17.8 Å². The minimum absolute atomic E-state index is 0.191. The van der Waals surface area contributed by atoms with Gasteiger partial charge in [-0.05, 0) is 44.0 Å². The van der Waals surface area contributed by atoms with Gasteiger partial charge in [0.1, 0.15) is 0 Å². The van der Waals surface area contributed by atoms with Gasteiger partial charge in [0.05, 0.1) is 17.1 Å². The Hall–Kier alpha value is -1.66. The maximum atomic E-state index is 11.1. The molecule has 0 aliphatic heterocycles. The van der Waals surface area contributed by atoms with Gasteiger partial charge in [0.25, 0.3) is 0 Å². The molecular formula is C13H17N3O2S. The first-order valence-corrected chi connectivity index (χ1v) is 7.60. The lowest BCUT2D eigenvalue weighted by Gasteiger charge is -2.04. The van der Waals surface area contributed by atoms with Crippen molar-refractivity contribution in [1.29, 1.82) is 0 Å². The molecule has 0 unspecified atom stereocenters. The molecule has 102 valence electrons. The molecule has 0 aliphatic rings. The highest BCUT2D eigenvalue weighted by molar-refractivity contribution is 7.88. The van der Waals surface area contributed by atoms with Gasteiger partial charge in [0.2, 0.25) is 10.0 Å². The van der Waals surface area contributed by atoms with Crippen molar-refractivity contribution in [3.63, 3.8) is 0 Å². The van der Waals surface area contributed by atoms with E-state index in [9.17, 15) is 8.42 Å². The number of primary sulfonamides is 1. The van der Waals surface area contributed by atoms with E-state index < -0.39 is 10.0 Å². The van der Waals surface area contributed by atoms with Crippen molar-refractivity contribution >= 4 is 10.0 Å². The number of sulfonamides is 1. The van der Waals surface area contributed by atoms with Crippen LogP contribution in [0.5, 0.6) is 0 Å². The fourth-order valence-electron chi connectivity index (χ4n) is 2.07. The van der Waals surface area contributed by atoms with Gasteiger partial charge in [0.15, 0.2) is 0 Å². The molecule has 0 amide bonds. The molecule has 2 aromatic rings. The van der Waals surface area contributed by atoms with E-state index in [2.05, 4.69) is 11.2 Å². The number of hydrogen-bond donors (Lipinski definition) is 1. The first-order chi connectivity index (χ1) is 8.74. The quantitative estimate of drug-likeness (QED) is 0.926. The van der Waals surface area contributed by atoms with Gasteiger partial charge in [0, 0.05) is 11.8 Å². The van der Waals surface area contributed by atoms with E-state index in [1.165, 1.54) is 0 Å². The zero-order valence-corrected chi connectivity index (χ0v) is 12.0. The number of benzene rings is 1. The first kappa shape index (κ1) is 13.8. The minimum Gasteiger partial charge on any atom is -0.240 e. The molecule has 0 spiro atoms. The van der Waals surface area contributed by atoms with Gasteiger partial charge in [-0.15, -0.1) is 0 Å². The van der Waals surface area contributed by atoms with Gasteiger partial charge in [-0.2, -0.15) is 5.10 Å². The van der Waals surface area contributed by atoms with Crippen LogP contribution in [0.25, 0.3) is 5.69 Å². The average Bonchev–Trinajstić information content (AvgIpc) is 2.56. The van der Waals surface area contributed by atoms with E-state index in [0.717, 1.165) is 16.8 Å². The van der Waals surface area contributed by atoms with Gasteiger partial charge in [-0.3, -0.25) is 0 Å². The molecule has 0 bridgehead atoms. The summed E-state index contributed by atoms with van der Waals surface area (Å²) in [6.45, 7) is 5.80. The van der Waals surface area contributed by atoms with Crippen LogP contribution in [0.15, 0.2) is 24.4 Å². The Morgan fingerprint density at radius 2 is 1.74 bits per heavy atom. The van der Waals surface area contributed by atoms with Gasteiger partial charge in [-0.25, -0.2) is 18.2 Å². The lowest BCUT2D eigenvalue weighted by atomic mass is 10.1. The van der Waals surface area contributed by atoms with Crippen LogP contribution in [0.1, 0.15) is 22.4 Å². The smallest absolute Gasteiger partial charge is 0.213 e. The van der Waals surface area contributed by atoms with E-state index in [-0.39, 0.29) is 5.75 Å².